The summed E-state index contributed by atoms with van der Waals surface area (Å²) < 4.78 is 41.0. The molecule has 0 saturated carbocycles. The van der Waals surface area contributed by atoms with E-state index in [2.05, 4.69) is 15.6 Å². The van der Waals surface area contributed by atoms with Crippen molar-refractivity contribution in [3.8, 4) is 0 Å². The maximum Gasteiger partial charge on any atom is 0.416 e. The van der Waals surface area contributed by atoms with Crippen molar-refractivity contribution < 1.29 is 13.2 Å². The molecule has 0 bridgehead atoms. The van der Waals surface area contributed by atoms with Crippen molar-refractivity contribution in [2.24, 2.45) is 0 Å². The van der Waals surface area contributed by atoms with Gasteiger partial charge in [0.1, 0.15) is 0 Å². The van der Waals surface area contributed by atoms with Crippen LogP contribution < -0.4 is 10.6 Å². The minimum atomic E-state index is -4.49. The standard InChI is InChI=1S/C27H21ClF3N3S/c28-22-12-7-13-23(17-22)34-25(35)33-18-26(19-8-2-1-3-9-19,24-14-4-5-15-32-24)20-10-6-11-21(16-20)27(29,30)31/h1-17H,18H2,(H2,33,34,35). The Morgan fingerprint density at radius 1 is 0.800 bits per heavy atom. The third-order valence-corrected chi connectivity index (χ3v) is 6.13. The van der Waals surface area contributed by atoms with E-state index in [1.165, 1.54) is 12.1 Å². The maximum atomic E-state index is 13.7. The molecule has 4 rings (SSSR count). The zero-order valence-electron chi connectivity index (χ0n) is 18.4. The van der Waals surface area contributed by atoms with Crippen LogP contribution in [0.2, 0.25) is 5.02 Å². The largest absolute Gasteiger partial charge is 0.416 e. The second-order valence-corrected chi connectivity index (χ2v) is 8.73. The van der Waals surface area contributed by atoms with Crippen molar-refractivity contribution in [1.29, 1.82) is 0 Å². The highest BCUT2D eigenvalue weighted by molar-refractivity contribution is 7.80. The van der Waals surface area contributed by atoms with Crippen molar-refractivity contribution in [3.63, 3.8) is 0 Å². The van der Waals surface area contributed by atoms with Crippen molar-refractivity contribution in [2.75, 3.05) is 11.9 Å². The van der Waals surface area contributed by atoms with E-state index in [-0.39, 0.29) is 6.54 Å². The highest BCUT2D eigenvalue weighted by atomic mass is 35.5. The number of thiocarbonyl (C=S) groups is 1. The Morgan fingerprint density at radius 3 is 2.17 bits per heavy atom. The molecule has 0 aliphatic heterocycles. The molecule has 35 heavy (non-hydrogen) atoms. The normalized spacial score (nSPS) is 13.0. The maximum absolute atomic E-state index is 13.7. The Labute approximate surface area is 212 Å². The van der Waals surface area contributed by atoms with Crippen LogP contribution in [0.5, 0.6) is 0 Å². The van der Waals surface area contributed by atoms with Gasteiger partial charge in [0, 0.05) is 23.5 Å². The summed E-state index contributed by atoms with van der Waals surface area (Å²) in [4.78, 5) is 4.57. The molecule has 1 atom stereocenters. The first-order valence-corrected chi connectivity index (χ1v) is 11.5. The molecule has 3 aromatic carbocycles. The van der Waals surface area contributed by atoms with Crippen LogP contribution in [0, 0.1) is 0 Å². The number of hydrogen-bond donors (Lipinski definition) is 2. The summed E-state index contributed by atoms with van der Waals surface area (Å²) in [7, 11) is 0. The first kappa shape index (κ1) is 24.7. The molecular formula is C27H21ClF3N3S. The van der Waals surface area contributed by atoms with Crippen LogP contribution in [-0.2, 0) is 11.6 Å². The van der Waals surface area contributed by atoms with E-state index in [4.69, 9.17) is 23.8 Å². The lowest BCUT2D eigenvalue weighted by atomic mass is 9.71. The van der Waals surface area contributed by atoms with Gasteiger partial charge in [-0.05, 0) is 59.7 Å². The van der Waals surface area contributed by atoms with Crippen molar-refractivity contribution in [1.82, 2.24) is 10.3 Å². The lowest BCUT2D eigenvalue weighted by Gasteiger charge is -2.35. The number of rotatable bonds is 6. The number of nitrogens with zero attached hydrogens (tertiary/aromatic N) is 1. The molecule has 178 valence electrons. The summed E-state index contributed by atoms with van der Waals surface area (Å²) in [5.74, 6) is 0. The fourth-order valence-electron chi connectivity index (χ4n) is 4.01. The van der Waals surface area contributed by atoms with Crippen LogP contribution in [0.1, 0.15) is 22.4 Å². The van der Waals surface area contributed by atoms with Gasteiger partial charge in [0.25, 0.3) is 0 Å². The third kappa shape index (κ3) is 5.63. The highest BCUT2D eigenvalue weighted by Crippen LogP contribution is 2.40. The number of nitrogens with one attached hydrogen (secondary N) is 2. The fourth-order valence-corrected chi connectivity index (χ4v) is 4.39. The van der Waals surface area contributed by atoms with Crippen LogP contribution >= 0.6 is 23.8 Å². The quantitative estimate of drug-likeness (QED) is 0.271. The predicted octanol–water partition coefficient (Wildman–Crippen LogP) is 7.07. The van der Waals surface area contributed by atoms with E-state index >= 15 is 0 Å². The van der Waals surface area contributed by atoms with Gasteiger partial charge in [-0.15, -0.1) is 0 Å². The number of anilines is 1. The molecule has 4 aromatic rings. The van der Waals surface area contributed by atoms with Crippen LogP contribution in [0.15, 0.2) is 103 Å². The first-order chi connectivity index (χ1) is 16.8. The fraction of sp³-hybridized carbons (Fsp3) is 0.111. The van der Waals surface area contributed by atoms with E-state index in [1.807, 2.05) is 48.5 Å². The van der Waals surface area contributed by atoms with Crippen molar-refractivity contribution in [3.05, 3.63) is 131 Å². The van der Waals surface area contributed by atoms with Gasteiger partial charge in [-0.25, -0.2) is 0 Å². The smallest absolute Gasteiger partial charge is 0.361 e. The molecule has 0 aliphatic carbocycles. The zero-order valence-corrected chi connectivity index (χ0v) is 20.0. The second kappa shape index (κ2) is 10.5. The first-order valence-electron chi connectivity index (χ1n) is 10.7. The molecule has 1 aromatic heterocycles. The summed E-state index contributed by atoms with van der Waals surface area (Å²) in [5, 5.41) is 7.13. The predicted molar refractivity (Wildman–Crippen MR) is 138 cm³/mol. The van der Waals surface area contributed by atoms with E-state index in [0.29, 0.717) is 27.1 Å². The molecule has 8 heteroatoms. The van der Waals surface area contributed by atoms with Crippen molar-refractivity contribution in [2.45, 2.75) is 11.6 Å². The molecule has 0 amide bonds. The monoisotopic (exact) mass is 511 g/mol. The van der Waals surface area contributed by atoms with Gasteiger partial charge in [0.2, 0.25) is 0 Å². The van der Waals surface area contributed by atoms with Crippen LogP contribution in [-0.4, -0.2) is 16.6 Å². The van der Waals surface area contributed by atoms with Crippen molar-refractivity contribution >= 4 is 34.6 Å². The minimum absolute atomic E-state index is 0.155. The van der Waals surface area contributed by atoms with E-state index < -0.39 is 17.2 Å². The lowest BCUT2D eigenvalue weighted by Crippen LogP contribution is -2.44. The summed E-state index contributed by atoms with van der Waals surface area (Å²) >= 11 is 11.6. The third-order valence-electron chi connectivity index (χ3n) is 5.65. The summed E-state index contributed by atoms with van der Waals surface area (Å²) in [5.41, 5.74) is 0.696. The zero-order chi connectivity index (χ0) is 24.9. The van der Waals surface area contributed by atoms with Gasteiger partial charge in [0.15, 0.2) is 5.11 Å². The molecule has 0 saturated heterocycles. The molecule has 0 aliphatic rings. The van der Waals surface area contributed by atoms with Gasteiger partial charge < -0.3 is 10.6 Å². The number of benzene rings is 3. The Hall–Kier alpha value is -3.42. The number of halogens is 4. The van der Waals surface area contributed by atoms with Gasteiger partial charge in [-0.1, -0.05) is 72.3 Å². The number of pyridine rings is 1. The van der Waals surface area contributed by atoms with Crippen LogP contribution in [0.25, 0.3) is 0 Å². The molecular weight excluding hydrogens is 491 g/mol. The summed E-state index contributed by atoms with van der Waals surface area (Å²) in [6, 6.07) is 27.1. The van der Waals surface area contributed by atoms with E-state index in [1.54, 1.807) is 36.5 Å². The number of hydrogen-bond acceptors (Lipinski definition) is 2. The molecule has 1 heterocycles. The Balaban J connectivity index is 1.80. The molecule has 0 spiro atoms. The van der Waals surface area contributed by atoms with Crippen LogP contribution in [0.4, 0.5) is 18.9 Å². The molecule has 2 N–H and O–H groups in total. The van der Waals surface area contributed by atoms with E-state index in [9.17, 15) is 13.2 Å². The van der Waals surface area contributed by atoms with Gasteiger partial charge in [0.05, 0.1) is 16.7 Å². The highest BCUT2D eigenvalue weighted by Gasteiger charge is 2.40. The minimum Gasteiger partial charge on any atom is -0.361 e. The summed E-state index contributed by atoms with van der Waals surface area (Å²) in [6.07, 6.45) is -2.86. The Bertz CT molecular complexity index is 1260. The number of aromatic nitrogens is 1. The number of alkyl halides is 3. The average molecular weight is 512 g/mol. The molecule has 0 fully saturated rings. The Morgan fingerprint density at radius 2 is 1.49 bits per heavy atom. The second-order valence-electron chi connectivity index (χ2n) is 7.88. The average Bonchev–Trinajstić information content (AvgIpc) is 2.85. The molecule has 0 radical (unpaired) electrons. The SMILES string of the molecule is FC(F)(F)c1cccc(C(CNC(=S)Nc2cccc(Cl)c2)(c2ccccc2)c2ccccn2)c1. The topological polar surface area (TPSA) is 37.0 Å². The van der Waals surface area contributed by atoms with Gasteiger partial charge in [-0.3, -0.25) is 4.98 Å². The van der Waals surface area contributed by atoms with E-state index in [0.717, 1.165) is 11.6 Å². The van der Waals surface area contributed by atoms with Gasteiger partial charge in [-0.2, -0.15) is 13.2 Å². The molecule has 3 nitrogen and oxygen atoms in total. The van der Waals surface area contributed by atoms with Crippen LogP contribution in [0.3, 0.4) is 0 Å². The molecule has 1 unspecified atom stereocenters. The van der Waals surface area contributed by atoms with Gasteiger partial charge >= 0.3 is 6.18 Å². The summed E-state index contributed by atoms with van der Waals surface area (Å²) in [6.45, 7) is 0.155. The Kier molecular flexibility index (Phi) is 7.38. The lowest BCUT2D eigenvalue weighted by molar-refractivity contribution is -0.137.